The first-order chi connectivity index (χ1) is 14.1. The Morgan fingerprint density at radius 3 is 2.45 bits per heavy atom. The van der Waals surface area contributed by atoms with Crippen LogP contribution >= 0.6 is 0 Å². The highest BCUT2D eigenvalue weighted by Gasteiger charge is 2.28. The summed E-state index contributed by atoms with van der Waals surface area (Å²) in [5.41, 5.74) is -0.0338. The van der Waals surface area contributed by atoms with Crippen molar-refractivity contribution in [1.29, 1.82) is 0 Å². The van der Waals surface area contributed by atoms with Crippen LogP contribution in [0.5, 0.6) is 0 Å². The zero-order chi connectivity index (χ0) is 20.2. The molecule has 2 aliphatic rings. The molecule has 1 amide bonds. The van der Waals surface area contributed by atoms with Crippen LogP contribution in [0.2, 0.25) is 0 Å². The molecule has 0 unspecified atom stereocenters. The molecule has 2 fully saturated rings. The van der Waals surface area contributed by atoms with Crippen molar-refractivity contribution in [3.63, 3.8) is 0 Å². The molecule has 10 nitrogen and oxygen atoms in total. The molecule has 4 rings (SSSR count). The summed E-state index contributed by atoms with van der Waals surface area (Å²) in [6, 6.07) is 7.94. The molecule has 0 aliphatic carbocycles. The number of rotatable bonds is 4. The molecule has 0 atom stereocenters. The number of benzene rings is 1. The SMILES string of the molecule is O=C(c1ccccc1[N+](=O)[O-])N1CCN(c2ccnc(N3CCOCC3)n2)CC1. The molecule has 152 valence electrons. The van der Waals surface area contributed by atoms with Crippen LogP contribution in [0.3, 0.4) is 0 Å². The van der Waals surface area contributed by atoms with E-state index in [1.54, 1.807) is 23.2 Å². The molecule has 0 N–H and O–H groups in total. The van der Waals surface area contributed by atoms with Gasteiger partial charge in [0.2, 0.25) is 5.95 Å². The van der Waals surface area contributed by atoms with Gasteiger partial charge in [-0.2, -0.15) is 4.98 Å². The van der Waals surface area contributed by atoms with Crippen LogP contribution in [0.4, 0.5) is 17.5 Å². The van der Waals surface area contributed by atoms with Crippen molar-refractivity contribution in [3.8, 4) is 0 Å². The van der Waals surface area contributed by atoms with E-state index in [-0.39, 0.29) is 17.2 Å². The van der Waals surface area contributed by atoms with Gasteiger partial charge in [0.1, 0.15) is 11.4 Å². The van der Waals surface area contributed by atoms with Crippen LogP contribution in [0.15, 0.2) is 36.5 Å². The van der Waals surface area contributed by atoms with Gasteiger partial charge in [0.15, 0.2) is 0 Å². The molecular weight excluding hydrogens is 376 g/mol. The second kappa shape index (κ2) is 8.39. The molecular formula is C19H22N6O4. The number of nitro benzene ring substituents is 1. The largest absolute Gasteiger partial charge is 0.378 e. The number of nitro groups is 1. The van der Waals surface area contributed by atoms with Crippen molar-refractivity contribution in [2.45, 2.75) is 0 Å². The summed E-state index contributed by atoms with van der Waals surface area (Å²) in [4.78, 5) is 38.4. The molecule has 10 heteroatoms. The van der Waals surface area contributed by atoms with Gasteiger partial charge >= 0.3 is 0 Å². The van der Waals surface area contributed by atoms with Crippen molar-refractivity contribution < 1.29 is 14.5 Å². The van der Waals surface area contributed by atoms with Gasteiger partial charge in [-0.3, -0.25) is 14.9 Å². The normalized spacial score (nSPS) is 17.3. The van der Waals surface area contributed by atoms with Crippen molar-refractivity contribution in [2.75, 3.05) is 62.3 Å². The van der Waals surface area contributed by atoms with Gasteiger partial charge in [-0.25, -0.2) is 4.98 Å². The van der Waals surface area contributed by atoms with Gasteiger partial charge in [-0.05, 0) is 12.1 Å². The average molecular weight is 398 g/mol. The third kappa shape index (κ3) is 4.11. The van der Waals surface area contributed by atoms with E-state index in [0.29, 0.717) is 45.3 Å². The number of ether oxygens (including phenoxy) is 1. The van der Waals surface area contributed by atoms with E-state index in [1.165, 1.54) is 12.1 Å². The minimum Gasteiger partial charge on any atom is -0.378 e. The van der Waals surface area contributed by atoms with Gasteiger partial charge in [-0.15, -0.1) is 0 Å². The predicted octanol–water partition coefficient (Wildman–Crippen LogP) is 1.18. The molecule has 1 aromatic heterocycles. The third-order valence-corrected chi connectivity index (χ3v) is 5.14. The lowest BCUT2D eigenvalue weighted by Gasteiger charge is -2.35. The summed E-state index contributed by atoms with van der Waals surface area (Å²) in [6.07, 6.45) is 1.75. The monoisotopic (exact) mass is 398 g/mol. The van der Waals surface area contributed by atoms with E-state index >= 15 is 0 Å². The standard InChI is InChI=1S/C19H22N6O4/c26-18(15-3-1-2-4-16(15)25(27)28)23-9-7-22(8-10-23)17-5-6-20-19(21-17)24-11-13-29-14-12-24/h1-6H,7-14H2. The Morgan fingerprint density at radius 2 is 1.72 bits per heavy atom. The highest BCUT2D eigenvalue weighted by Crippen LogP contribution is 2.22. The van der Waals surface area contributed by atoms with Crippen LogP contribution in [0.25, 0.3) is 0 Å². The molecule has 29 heavy (non-hydrogen) atoms. The van der Waals surface area contributed by atoms with Crippen LogP contribution in [0.1, 0.15) is 10.4 Å². The van der Waals surface area contributed by atoms with Crippen molar-refractivity contribution >= 4 is 23.4 Å². The van der Waals surface area contributed by atoms with E-state index in [9.17, 15) is 14.9 Å². The smallest absolute Gasteiger partial charge is 0.282 e. The maximum atomic E-state index is 12.8. The molecule has 2 aromatic rings. The zero-order valence-electron chi connectivity index (χ0n) is 15.9. The number of hydrogen-bond acceptors (Lipinski definition) is 8. The summed E-state index contributed by atoms with van der Waals surface area (Å²) in [5.74, 6) is 1.19. The molecule has 0 spiro atoms. The quantitative estimate of drug-likeness (QED) is 0.559. The summed E-state index contributed by atoms with van der Waals surface area (Å²) < 4.78 is 5.37. The number of anilines is 2. The van der Waals surface area contributed by atoms with Crippen LogP contribution in [-0.4, -0.2) is 78.2 Å². The van der Waals surface area contributed by atoms with Gasteiger partial charge in [0, 0.05) is 51.5 Å². The number of carbonyl (C=O) groups excluding carboxylic acids is 1. The Morgan fingerprint density at radius 1 is 1.00 bits per heavy atom. The fourth-order valence-corrected chi connectivity index (χ4v) is 3.55. The first-order valence-corrected chi connectivity index (χ1v) is 9.57. The van der Waals surface area contributed by atoms with Gasteiger partial charge in [0.25, 0.3) is 11.6 Å². The number of amides is 1. The molecule has 3 heterocycles. The summed E-state index contributed by atoms with van der Waals surface area (Å²) in [6.45, 7) is 5.02. The van der Waals surface area contributed by atoms with Crippen LogP contribution in [-0.2, 0) is 4.74 Å². The van der Waals surface area contributed by atoms with Crippen molar-refractivity contribution in [2.24, 2.45) is 0 Å². The van der Waals surface area contributed by atoms with Crippen LogP contribution in [0, 0.1) is 10.1 Å². The van der Waals surface area contributed by atoms with Gasteiger partial charge in [-0.1, -0.05) is 12.1 Å². The fourth-order valence-electron chi connectivity index (χ4n) is 3.55. The van der Waals surface area contributed by atoms with Gasteiger partial charge < -0.3 is 19.4 Å². The predicted molar refractivity (Wildman–Crippen MR) is 106 cm³/mol. The summed E-state index contributed by atoms with van der Waals surface area (Å²) in [7, 11) is 0. The topological polar surface area (TPSA) is 105 Å². The molecule has 2 aliphatic heterocycles. The van der Waals surface area contributed by atoms with Crippen LogP contribution < -0.4 is 9.80 Å². The number of para-hydroxylation sites is 1. The number of piperazine rings is 1. The van der Waals surface area contributed by atoms with Crippen molar-refractivity contribution in [3.05, 3.63) is 52.2 Å². The number of nitrogens with zero attached hydrogens (tertiary/aromatic N) is 6. The minimum absolute atomic E-state index is 0.127. The highest BCUT2D eigenvalue weighted by atomic mass is 16.6. The second-order valence-corrected chi connectivity index (χ2v) is 6.87. The Bertz CT molecular complexity index is 894. The summed E-state index contributed by atoms with van der Waals surface area (Å²) >= 11 is 0. The Hall–Kier alpha value is -3.27. The van der Waals surface area contributed by atoms with Gasteiger partial charge in [0.05, 0.1) is 18.1 Å². The average Bonchev–Trinajstić information content (AvgIpc) is 2.79. The third-order valence-electron chi connectivity index (χ3n) is 5.14. The number of morpholine rings is 1. The Labute approximate surface area is 167 Å². The minimum atomic E-state index is -0.516. The lowest BCUT2D eigenvalue weighted by molar-refractivity contribution is -0.385. The lowest BCUT2D eigenvalue weighted by atomic mass is 10.1. The maximum absolute atomic E-state index is 12.8. The Kier molecular flexibility index (Phi) is 5.52. The Balaban J connectivity index is 1.42. The van der Waals surface area contributed by atoms with E-state index in [1.807, 2.05) is 6.07 Å². The highest BCUT2D eigenvalue weighted by molar-refractivity contribution is 5.98. The van der Waals surface area contributed by atoms with E-state index in [2.05, 4.69) is 19.8 Å². The lowest BCUT2D eigenvalue weighted by Crippen LogP contribution is -2.49. The second-order valence-electron chi connectivity index (χ2n) is 6.87. The number of hydrogen-bond donors (Lipinski definition) is 0. The van der Waals surface area contributed by atoms with E-state index < -0.39 is 4.92 Å². The molecule has 0 bridgehead atoms. The van der Waals surface area contributed by atoms with Crippen molar-refractivity contribution in [1.82, 2.24) is 14.9 Å². The van der Waals surface area contributed by atoms with E-state index in [4.69, 9.17) is 4.74 Å². The molecule has 0 saturated carbocycles. The number of aromatic nitrogens is 2. The first kappa shape index (κ1) is 19.1. The zero-order valence-corrected chi connectivity index (χ0v) is 15.9. The fraction of sp³-hybridized carbons (Fsp3) is 0.421. The van der Waals surface area contributed by atoms with E-state index in [0.717, 1.165) is 18.9 Å². The number of carbonyl (C=O) groups is 1. The molecule has 0 radical (unpaired) electrons. The molecule has 2 saturated heterocycles. The maximum Gasteiger partial charge on any atom is 0.282 e. The first-order valence-electron chi connectivity index (χ1n) is 9.57. The molecule has 1 aromatic carbocycles. The summed E-state index contributed by atoms with van der Waals surface area (Å²) in [5, 5.41) is 11.2.